The quantitative estimate of drug-likeness (QED) is 0.671. The van der Waals surface area contributed by atoms with Gasteiger partial charge < -0.3 is 10.1 Å². The summed E-state index contributed by atoms with van der Waals surface area (Å²) in [6.07, 6.45) is 3.16. The topological polar surface area (TPSA) is 77.3 Å². The zero-order valence-corrected chi connectivity index (χ0v) is 10.7. The first-order valence-corrected chi connectivity index (χ1v) is 5.80. The number of nitro benzene ring substituents is 1. The van der Waals surface area contributed by atoms with Gasteiger partial charge in [-0.15, -0.1) is 0 Å². The highest BCUT2D eigenvalue weighted by Crippen LogP contribution is 2.26. The van der Waals surface area contributed by atoms with E-state index in [1.54, 1.807) is 19.3 Å². The SMILES string of the molecule is CNCc1cncc(Oc2ccc([N+](=O)[O-])c(F)c2)c1. The van der Waals surface area contributed by atoms with Gasteiger partial charge in [0, 0.05) is 24.9 Å². The molecule has 0 atom stereocenters. The number of hydrogen-bond donors (Lipinski definition) is 1. The van der Waals surface area contributed by atoms with Crippen LogP contribution in [0.15, 0.2) is 36.7 Å². The number of aromatic nitrogens is 1. The van der Waals surface area contributed by atoms with E-state index in [4.69, 9.17) is 4.74 Å². The van der Waals surface area contributed by atoms with Gasteiger partial charge in [-0.2, -0.15) is 4.39 Å². The average molecular weight is 277 g/mol. The zero-order chi connectivity index (χ0) is 14.5. The first-order valence-electron chi connectivity index (χ1n) is 5.80. The molecule has 2 rings (SSSR count). The summed E-state index contributed by atoms with van der Waals surface area (Å²) >= 11 is 0. The summed E-state index contributed by atoms with van der Waals surface area (Å²) in [5, 5.41) is 13.5. The van der Waals surface area contributed by atoms with Crippen LogP contribution in [0.25, 0.3) is 0 Å². The monoisotopic (exact) mass is 277 g/mol. The van der Waals surface area contributed by atoms with Crippen LogP contribution in [0, 0.1) is 15.9 Å². The summed E-state index contributed by atoms with van der Waals surface area (Å²) in [6.45, 7) is 0.624. The largest absolute Gasteiger partial charge is 0.456 e. The molecule has 0 radical (unpaired) electrons. The van der Waals surface area contributed by atoms with Gasteiger partial charge in [0.25, 0.3) is 0 Å². The molecule has 0 saturated heterocycles. The molecule has 20 heavy (non-hydrogen) atoms. The van der Waals surface area contributed by atoms with Crippen molar-refractivity contribution in [2.75, 3.05) is 7.05 Å². The third-order valence-electron chi connectivity index (χ3n) is 2.50. The van der Waals surface area contributed by atoms with Crippen LogP contribution in [0.1, 0.15) is 5.56 Å². The van der Waals surface area contributed by atoms with Crippen molar-refractivity contribution in [3.05, 3.63) is 58.2 Å². The second-order valence-electron chi connectivity index (χ2n) is 4.03. The Hall–Kier alpha value is -2.54. The highest BCUT2D eigenvalue weighted by Gasteiger charge is 2.14. The second-order valence-corrected chi connectivity index (χ2v) is 4.03. The van der Waals surface area contributed by atoms with Crippen molar-refractivity contribution in [1.29, 1.82) is 0 Å². The third kappa shape index (κ3) is 3.27. The molecular weight excluding hydrogens is 265 g/mol. The Bertz CT molecular complexity index is 634. The van der Waals surface area contributed by atoms with Crippen molar-refractivity contribution < 1.29 is 14.1 Å². The number of hydrogen-bond acceptors (Lipinski definition) is 5. The Morgan fingerprint density at radius 2 is 2.15 bits per heavy atom. The molecular formula is C13H12FN3O3. The number of ether oxygens (including phenoxy) is 1. The summed E-state index contributed by atoms with van der Waals surface area (Å²) in [5.74, 6) is -0.325. The van der Waals surface area contributed by atoms with Gasteiger partial charge in [-0.1, -0.05) is 0 Å². The van der Waals surface area contributed by atoms with Gasteiger partial charge in [0.1, 0.15) is 11.5 Å². The van der Waals surface area contributed by atoms with Crippen molar-refractivity contribution >= 4 is 5.69 Å². The number of halogens is 1. The van der Waals surface area contributed by atoms with Crippen LogP contribution in [0.4, 0.5) is 10.1 Å². The molecule has 1 aromatic heterocycles. The minimum absolute atomic E-state index is 0.177. The molecule has 104 valence electrons. The molecule has 6 nitrogen and oxygen atoms in total. The molecule has 2 aromatic rings. The fourth-order valence-electron chi connectivity index (χ4n) is 1.66. The fourth-order valence-corrected chi connectivity index (χ4v) is 1.66. The lowest BCUT2D eigenvalue weighted by Gasteiger charge is -2.07. The van der Waals surface area contributed by atoms with E-state index in [-0.39, 0.29) is 5.75 Å². The van der Waals surface area contributed by atoms with E-state index < -0.39 is 16.4 Å². The summed E-state index contributed by atoms with van der Waals surface area (Å²) in [6, 6.07) is 5.13. The Morgan fingerprint density at radius 3 is 2.80 bits per heavy atom. The summed E-state index contributed by atoms with van der Waals surface area (Å²) in [5.41, 5.74) is 0.326. The first kappa shape index (κ1) is 13.9. The minimum atomic E-state index is -0.938. The number of benzene rings is 1. The standard InChI is InChI=1S/C13H12FN3O3/c1-15-6-9-4-11(8-16-7-9)20-10-2-3-13(17(18)19)12(14)5-10/h2-5,7-8,15H,6H2,1H3. The van der Waals surface area contributed by atoms with Crippen molar-refractivity contribution in [2.45, 2.75) is 6.54 Å². The molecule has 0 amide bonds. The molecule has 1 aromatic carbocycles. The fraction of sp³-hybridized carbons (Fsp3) is 0.154. The third-order valence-corrected chi connectivity index (χ3v) is 2.50. The van der Waals surface area contributed by atoms with Gasteiger partial charge >= 0.3 is 5.69 Å². The van der Waals surface area contributed by atoms with Crippen molar-refractivity contribution in [2.24, 2.45) is 0 Å². The molecule has 0 bridgehead atoms. The summed E-state index contributed by atoms with van der Waals surface area (Å²) in [4.78, 5) is 13.7. The van der Waals surface area contributed by atoms with Crippen molar-refractivity contribution in [1.82, 2.24) is 10.3 Å². The number of nitrogens with zero attached hydrogens (tertiary/aromatic N) is 2. The maximum atomic E-state index is 13.5. The lowest BCUT2D eigenvalue weighted by Crippen LogP contribution is -2.05. The number of pyridine rings is 1. The number of nitro groups is 1. The molecule has 0 saturated carbocycles. The van der Waals surface area contributed by atoms with E-state index in [2.05, 4.69) is 10.3 Å². The average Bonchev–Trinajstić information content (AvgIpc) is 2.39. The molecule has 0 unspecified atom stereocenters. The number of nitrogens with one attached hydrogen (secondary N) is 1. The van der Waals surface area contributed by atoms with Crippen LogP contribution in [0.5, 0.6) is 11.5 Å². The van der Waals surface area contributed by atoms with Gasteiger partial charge in [-0.3, -0.25) is 15.1 Å². The van der Waals surface area contributed by atoms with Gasteiger partial charge in [0.05, 0.1) is 11.1 Å². The van der Waals surface area contributed by atoms with E-state index in [1.165, 1.54) is 12.3 Å². The van der Waals surface area contributed by atoms with Crippen molar-refractivity contribution in [3.8, 4) is 11.5 Å². The highest BCUT2D eigenvalue weighted by atomic mass is 19.1. The lowest BCUT2D eigenvalue weighted by molar-refractivity contribution is -0.387. The Morgan fingerprint density at radius 1 is 1.35 bits per heavy atom. The predicted octanol–water partition coefficient (Wildman–Crippen LogP) is 2.64. The van der Waals surface area contributed by atoms with Gasteiger partial charge in [0.15, 0.2) is 0 Å². The predicted molar refractivity (Wildman–Crippen MR) is 70.1 cm³/mol. The number of rotatable bonds is 5. The Balaban J connectivity index is 2.19. The molecule has 7 heteroatoms. The van der Waals surface area contributed by atoms with Crippen LogP contribution >= 0.6 is 0 Å². The van der Waals surface area contributed by atoms with E-state index in [0.717, 1.165) is 17.7 Å². The van der Waals surface area contributed by atoms with Crippen LogP contribution in [-0.2, 0) is 6.54 Å². The van der Waals surface area contributed by atoms with Crippen LogP contribution in [-0.4, -0.2) is 17.0 Å². The second kappa shape index (κ2) is 6.07. The summed E-state index contributed by atoms with van der Waals surface area (Å²) in [7, 11) is 1.80. The zero-order valence-electron chi connectivity index (χ0n) is 10.7. The normalized spacial score (nSPS) is 10.3. The molecule has 1 heterocycles. The first-order chi connectivity index (χ1) is 9.60. The van der Waals surface area contributed by atoms with Gasteiger partial charge in [-0.25, -0.2) is 0 Å². The van der Waals surface area contributed by atoms with Crippen LogP contribution in [0.2, 0.25) is 0 Å². The smallest absolute Gasteiger partial charge is 0.305 e. The molecule has 0 spiro atoms. The maximum absolute atomic E-state index is 13.5. The molecule has 0 aliphatic carbocycles. The van der Waals surface area contributed by atoms with E-state index in [0.29, 0.717) is 12.3 Å². The maximum Gasteiger partial charge on any atom is 0.305 e. The van der Waals surface area contributed by atoms with Crippen LogP contribution < -0.4 is 10.1 Å². The van der Waals surface area contributed by atoms with E-state index in [1.807, 2.05) is 0 Å². The Kier molecular flexibility index (Phi) is 4.21. The highest BCUT2D eigenvalue weighted by molar-refractivity contribution is 5.40. The van der Waals surface area contributed by atoms with Gasteiger partial charge in [0.2, 0.25) is 5.82 Å². The van der Waals surface area contributed by atoms with Crippen LogP contribution in [0.3, 0.4) is 0 Å². The minimum Gasteiger partial charge on any atom is -0.456 e. The summed E-state index contributed by atoms with van der Waals surface area (Å²) < 4.78 is 18.9. The lowest BCUT2D eigenvalue weighted by atomic mass is 10.2. The van der Waals surface area contributed by atoms with Gasteiger partial charge in [-0.05, 0) is 24.7 Å². The molecule has 0 aliphatic rings. The Labute approximate surface area is 114 Å². The molecule has 1 N–H and O–H groups in total. The van der Waals surface area contributed by atoms with E-state index >= 15 is 0 Å². The van der Waals surface area contributed by atoms with Crippen molar-refractivity contribution in [3.63, 3.8) is 0 Å². The van der Waals surface area contributed by atoms with E-state index in [9.17, 15) is 14.5 Å². The molecule has 0 fully saturated rings. The molecule has 0 aliphatic heterocycles.